The summed E-state index contributed by atoms with van der Waals surface area (Å²) in [5.41, 5.74) is 5.39. The van der Waals surface area contributed by atoms with Gasteiger partial charge in [-0.15, -0.1) is 0 Å². The van der Waals surface area contributed by atoms with Crippen molar-refractivity contribution >= 4 is 11.0 Å². The first-order valence-electron chi connectivity index (χ1n) is 9.70. The van der Waals surface area contributed by atoms with Crippen molar-refractivity contribution in [3.8, 4) is 11.5 Å². The molecule has 0 spiro atoms. The van der Waals surface area contributed by atoms with Crippen molar-refractivity contribution in [2.75, 3.05) is 13.8 Å². The van der Waals surface area contributed by atoms with E-state index in [9.17, 15) is 4.79 Å². The number of rotatable bonds is 4. The van der Waals surface area contributed by atoms with Crippen molar-refractivity contribution < 1.29 is 18.8 Å². The molecule has 1 atom stereocenters. The Labute approximate surface area is 164 Å². The Balaban J connectivity index is 1.73. The van der Waals surface area contributed by atoms with Gasteiger partial charge < -0.3 is 13.9 Å². The molecule has 1 N–H and O–H groups in total. The number of nitrogens with one attached hydrogen (secondary N) is 1. The van der Waals surface area contributed by atoms with Gasteiger partial charge in [0.1, 0.15) is 30.2 Å². The molecule has 0 saturated carbocycles. The van der Waals surface area contributed by atoms with Crippen LogP contribution in [0.1, 0.15) is 34.7 Å². The highest BCUT2D eigenvalue weighted by Gasteiger charge is 2.26. The molecule has 2 aromatic carbocycles. The zero-order chi connectivity index (χ0) is 19.8. The predicted octanol–water partition coefficient (Wildman–Crippen LogP) is 2.92. The van der Waals surface area contributed by atoms with E-state index in [-0.39, 0.29) is 5.63 Å². The van der Waals surface area contributed by atoms with Crippen molar-refractivity contribution in [1.82, 2.24) is 0 Å². The van der Waals surface area contributed by atoms with E-state index in [4.69, 9.17) is 13.9 Å². The molecule has 0 saturated heterocycles. The van der Waals surface area contributed by atoms with Gasteiger partial charge in [-0.3, -0.25) is 4.90 Å². The smallest absolute Gasteiger partial charge is 0.339 e. The van der Waals surface area contributed by atoms with Crippen LogP contribution in [0.4, 0.5) is 0 Å². The molecule has 5 nitrogen and oxygen atoms in total. The normalized spacial score (nSPS) is 15.9. The van der Waals surface area contributed by atoms with Crippen molar-refractivity contribution in [1.29, 1.82) is 0 Å². The second-order valence-electron chi connectivity index (χ2n) is 7.42. The molecule has 146 valence electrons. The van der Waals surface area contributed by atoms with Crippen molar-refractivity contribution in [2.24, 2.45) is 0 Å². The van der Waals surface area contributed by atoms with E-state index in [2.05, 4.69) is 12.1 Å². The van der Waals surface area contributed by atoms with Gasteiger partial charge in [-0.1, -0.05) is 19.1 Å². The molecule has 0 bridgehead atoms. The number of para-hydroxylation sites is 1. The van der Waals surface area contributed by atoms with Crippen LogP contribution >= 0.6 is 0 Å². The average Bonchev–Trinajstić information content (AvgIpc) is 2.70. The molecule has 1 aliphatic heterocycles. The molecule has 28 heavy (non-hydrogen) atoms. The SMILES string of the molecule is CCc1c(C)c2cc3c(c(C)c2oc1=O)OC[NH+](Cc1ccccc1OC)C3. The Morgan fingerprint density at radius 1 is 1.18 bits per heavy atom. The second kappa shape index (κ2) is 7.32. The van der Waals surface area contributed by atoms with Crippen LogP contribution < -0.4 is 20.0 Å². The van der Waals surface area contributed by atoms with E-state index in [1.807, 2.05) is 39.0 Å². The molecule has 4 rings (SSSR count). The number of benzene rings is 2. The van der Waals surface area contributed by atoms with E-state index in [1.54, 1.807) is 7.11 Å². The highest BCUT2D eigenvalue weighted by Crippen LogP contribution is 2.34. The number of aryl methyl sites for hydroxylation is 2. The molecule has 2 heterocycles. The molecule has 0 aliphatic carbocycles. The Bertz CT molecular complexity index is 1100. The monoisotopic (exact) mass is 380 g/mol. The lowest BCUT2D eigenvalue weighted by atomic mass is 9.98. The molecule has 1 unspecified atom stereocenters. The van der Waals surface area contributed by atoms with E-state index in [0.29, 0.717) is 18.7 Å². The number of methoxy groups -OCH3 is 1. The summed E-state index contributed by atoms with van der Waals surface area (Å²) >= 11 is 0. The molecule has 0 amide bonds. The van der Waals surface area contributed by atoms with Crippen LogP contribution in [0, 0.1) is 13.8 Å². The fraction of sp³-hybridized carbons (Fsp3) is 0.348. The lowest BCUT2D eigenvalue weighted by molar-refractivity contribution is -0.945. The Morgan fingerprint density at radius 2 is 1.96 bits per heavy atom. The molecular weight excluding hydrogens is 354 g/mol. The maximum Gasteiger partial charge on any atom is 0.339 e. The summed E-state index contributed by atoms with van der Waals surface area (Å²) in [4.78, 5) is 13.6. The number of hydrogen-bond donors (Lipinski definition) is 1. The van der Waals surface area contributed by atoms with Gasteiger partial charge in [-0.2, -0.15) is 0 Å². The molecule has 1 aromatic heterocycles. The van der Waals surface area contributed by atoms with Crippen LogP contribution in [0.3, 0.4) is 0 Å². The first-order valence-corrected chi connectivity index (χ1v) is 9.70. The maximum absolute atomic E-state index is 12.3. The standard InChI is InChI=1S/C23H25NO4/c1-5-18-14(2)19-10-17-12-24(11-16-8-6-7-9-20(16)26-4)13-27-21(17)15(3)22(19)28-23(18)25/h6-10H,5,11-13H2,1-4H3/p+1. The van der Waals surface area contributed by atoms with Crippen LogP contribution in [0.5, 0.6) is 11.5 Å². The molecule has 0 radical (unpaired) electrons. The van der Waals surface area contributed by atoms with Crippen LogP contribution in [-0.2, 0) is 19.5 Å². The number of ether oxygens (including phenoxy) is 2. The van der Waals surface area contributed by atoms with Crippen molar-refractivity contribution in [3.05, 3.63) is 68.6 Å². The quantitative estimate of drug-likeness (QED) is 0.707. The first-order chi connectivity index (χ1) is 13.5. The topological polar surface area (TPSA) is 53.1 Å². The van der Waals surface area contributed by atoms with E-state index < -0.39 is 0 Å². The second-order valence-corrected chi connectivity index (χ2v) is 7.42. The van der Waals surface area contributed by atoms with Crippen LogP contribution in [0.2, 0.25) is 0 Å². The third-order valence-electron chi connectivity index (χ3n) is 5.68. The fourth-order valence-corrected chi connectivity index (χ4v) is 4.20. The summed E-state index contributed by atoms with van der Waals surface area (Å²) in [7, 11) is 1.70. The zero-order valence-electron chi connectivity index (χ0n) is 16.8. The molecule has 5 heteroatoms. The van der Waals surface area contributed by atoms with Gasteiger partial charge in [0.05, 0.1) is 7.11 Å². The maximum atomic E-state index is 12.3. The van der Waals surface area contributed by atoms with Crippen molar-refractivity contribution in [2.45, 2.75) is 40.3 Å². The molecule has 1 aliphatic rings. The van der Waals surface area contributed by atoms with E-state index in [1.165, 1.54) is 10.5 Å². The minimum atomic E-state index is -0.241. The summed E-state index contributed by atoms with van der Waals surface area (Å²) in [6, 6.07) is 10.2. The molecule has 3 aromatic rings. The van der Waals surface area contributed by atoms with E-state index in [0.717, 1.165) is 52.2 Å². The van der Waals surface area contributed by atoms with Crippen LogP contribution in [0.25, 0.3) is 11.0 Å². The average molecular weight is 380 g/mol. The summed E-state index contributed by atoms with van der Waals surface area (Å²) in [5.74, 6) is 1.75. The predicted molar refractivity (Wildman–Crippen MR) is 108 cm³/mol. The number of fused-ring (bicyclic) bond motifs is 2. The number of quaternary nitrogens is 1. The third kappa shape index (κ3) is 3.06. The molecular formula is C23H26NO4+. The third-order valence-corrected chi connectivity index (χ3v) is 5.68. The van der Waals surface area contributed by atoms with E-state index >= 15 is 0 Å². The van der Waals surface area contributed by atoms with Gasteiger partial charge in [0.2, 0.25) is 6.73 Å². The number of hydrogen-bond acceptors (Lipinski definition) is 4. The summed E-state index contributed by atoms with van der Waals surface area (Å²) in [6.07, 6.45) is 0.669. The fourth-order valence-electron chi connectivity index (χ4n) is 4.20. The minimum absolute atomic E-state index is 0.241. The van der Waals surface area contributed by atoms with Crippen LogP contribution in [0.15, 0.2) is 39.5 Å². The highest BCUT2D eigenvalue weighted by molar-refractivity contribution is 5.87. The molecule has 0 fully saturated rings. The van der Waals surface area contributed by atoms with Crippen LogP contribution in [-0.4, -0.2) is 13.8 Å². The Kier molecular flexibility index (Phi) is 4.85. The Morgan fingerprint density at radius 3 is 2.71 bits per heavy atom. The lowest BCUT2D eigenvalue weighted by Gasteiger charge is -2.28. The zero-order valence-corrected chi connectivity index (χ0v) is 16.8. The van der Waals surface area contributed by atoms with Gasteiger partial charge in [0.25, 0.3) is 0 Å². The minimum Gasteiger partial charge on any atom is -0.496 e. The summed E-state index contributed by atoms with van der Waals surface area (Å²) in [6.45, 7) is 8.20. The van der Waals surface area contributed by atoms with Gasteiger partial charge >= 0.3 is 5.63 Å². The van der Waals surface area contributed by atoms with Crippen molar-refractivity contribution in [3.63, 3.8) is 0 Å². The van der Waals surface area contributed by atoms with Gasteiger partial charge in [0.15, 0.2) is 0 Å². The summed E-state index contributed by atoms with van der Waals surface area (Å²) < 4.78 is 17.3. The largest absolute Gasteiger partial charge is 0.496 e. The summed E-state index contributed by atoms with van der Waals surface area (Å²) in [5, 5.41) is 1.01. The lowest BCUT2D eigenvalue weighted by Crippen LogP contribution is -3.10. The highest BCUT2D eigenvalue weighted by atomic mass is 16.5. The van der Waals surface area contributed by atoms with Gasteiger partial charge in [-0.25, -0.2) is 4.79 Å². The first kappa shape index (κ1) is 18.6. The Hall–Kier alpha value is -2.79. The van der Waals surface area contributed by atoms with Gasteiger partial charge in [0, 0.05) is 27.6 Å². The van der Waals surface area contributed by atoms with Gasteiger partial charge in [-0.05, 0) is 44.0 Å².